The predicted octanol–water partition coefficient (Wildman–Crippen LogP) is 0.0491. The maximum atomic E-state index is 11.8. The number of para-hydroxylation sites is 2. The number of imide groups is 1. The predicted molar refractivity (Wildman–Crippen MR) is 63.6 cm³/mol. The van der Waals surface area contributed by atoms with Gasteiger partial charge in [-0.15, -0.1) is 0 Å². The van der Waals surface area contributed by atoms with Gasteiger partial charge in [0.15, 0.2) is 0 Å². The topological polar surface area (TPSA) is 89.9 Å². The number of aliphatic hydroxyl groups excluding tert-OH is 1. The summed E-state index contributed by atoms with van der Waals surface area (Å²) in [7, 11) is 0. The Labute approximate surface area is 103 Å². The van der Waals surface area contributed by atoms with Gasteiger partial charge in [-0.05, 0) is 12.1 Å². The van der Waals surface area contributed by atoms with Crippen LogP contribution in [0.25, 0.3) is 0 Å². The van der Waals surface area contributed by atoms with E-state index in [0.717, 1.165) is 11.0 Å². The molecule has 1 aliphatic heterocycles. The highest BCUT2D eigenvalue weighted by molar-refractivity contribution is 6.17. The first-order chi connectivity index (χ1) is 8.63. The Hall–Kier alpha value is -2.34. The van der Waals surface area contributed by atoms with Gasteiger partial charge in [-0.25, -0.2) is 0 Å². The van der Waals surface area contributed by atoms with Crippen LogP contribution in [0.4, 0.5) is 5.69 Å². The van der Waals surface area contributed by atoms with E-state index in [1.165, 1.54) is 6.07 Å². The van der Waals surface area contributed by atoms with E-state index < -0.39 is 11.8 Å². The molecule has 0 aromatic heterocycles. The SMILES string of the molecule is O=C1C=C(Nc2ccccc2O)C(=O)N1CCO. The molecular formula is C12H12N2O4. The van der Waals surface area contributed by atoms with Gasteiger partial charge >= 0.3 is 0 Å². The van der Waals surface area contributed by atoms with Crippen LogP contribution >= 0.6 is 0 Å². The zero-order valence-corrected chi connectivity index (χ0v) is 9.46. The highest BCUT2D eigenvalue weighted by atomic mass is 16.3. The van der Waals surface area contributed by atoms with Crippen LogP contribution in [0, 0.1) is 0 Å². The molecule has 0 bridgehead atoms. The molecule has 6 heteroatoms. The number of anilines is 1. The lowest BCUT2D eigenvalue weighted by molar-refractivity contribution is -0.137. The fourth-order valence-electron chi connectivity index (χ4n) is 1.63. The normalized spacial score (nSPS) is 14.9. The number of phenols is 1. The first-order valence-corrected chi connectivity index (χ1v) is 5.37. The summed E-state index contributed by atoms with van der Waals surface area (Å²) in [6.45, 7) is -0.324. The summed E-state index contributed by atoms with van der Waals surface area (Å²) in [5, 5.41) is 21.0. The number of hydrogen-bond acceptors (Lipinski definition) is 5. The summed E-state index contributed by atoms with van der Waals surface area (Å²) in [6.07, 6.45) is 1.14. The molecule has 18 heavy (non-hydrogen) atoms. The van der Waals surface area contributed by atoms with E-state index in [2.05, 4.69) is 5.32 Å². The third-order valence-corrected chi connectivity index (χ3v) is 2.51. The maximum Gasteiger partial charge on any atom is 0.277 e. The average molecular weight is 248 g/mol. The van der Waals surface area contributed by atoms with Crippen molar-refractivity contribution >= 4 is 17.5 Å². The van der Waals surface area contributed by atoms with Crippen LogP contribution in [0.15, 0.2) is 36.0 Å². The van der Waals surface area contributed by atoms with Gasteiger partial charge in [0.2, 0.25) is 0 Å². The van der Waals surface area contributed by atoms with Crippen LogP contribution < -0.4 is 5.32 Å². The Balaban J connectivity index is 2.17. The minimum atomic E-state index is -0.516. The van der Waals surface area contributed by atoms with Crippen LogP contribution in [-0.2, 0) is 9.59 Å². The number of amides is 2. The summed E-state index contributed by atoms with van der Waals surface area (Å²) >= 11 is 0. The molecule has 1 aliphatic rings. The third-order valence-electron chi connectivity index (χ3n) is 2.51. The molecule has 1 aromatic rings. The molecule has 94 valence electrons. The molecule has 0 atom stereocenters. The Morgan fingerprint density at radius 3 is 2.61 bits per heavy atom. The van der Waals surface area contributed by atoms with Crippen molar-refractivity contribution in [2.24, 2.45) is 0 Å². The van der Waals surface area contributed by atoms with Gasteiger partial charge in [0.1, 0.15) is 11.4 Å². The second-order valence-electron chi connectivity index (χ2n) is 3.72. The van der Waals surface area contributed by atoms with Gasteiger partial charge < -0.3 is 15.5 Å². The molecule has 0 radical (unpaired) electrons. The Kier molecular flexibility index (Phi) is 3.29. The molecule has 2 amide bonds. The van der Waals surface area contributed by atoms with Crippen molar-refractivity contribution in [1.29, 1.82) is 0 Å². The van der Waals surface area contributed by atoms with Gasteiger partial charge in [0, 0.05) is 6.08 Å². The third kappa shape index (κ3) is 2.18. The first kappa shape index (κ1) is 12.1. The van der Waals surface area contributed by atoms with Crippen molar-refractivity contribution in [3.8, 4) is 5.75 Å². The van der Waals surface area contributed by atoms with Crippen molar-refractivity contribution in [2.75, 3.05) is 18.5 Å². The number of phenolic OH excluding ortho intramolecular Hbond substituents is 1. The molecule has 0 saturated heterocycles. The summed E-state index contributed by atoms with van der Waals surface area (Å²) in [5.41, 5.74) is 0.422. The molecule has 1 heterocycles. The number of aliphatic hydroxyl groups is 1. The number of aromatic hydroxyl groups is 1. The number of carbonyl (C=O) groups is 2. The lowest BCUT2D eigenvalue weighted by atomic mass is 10.3. The van der Waals surface area contributed by atoms with Crippen molar-refractivity contribution < 1.29 is 19.8 Å². The Bertz CT molecular complexity index is 525. The molecular weight excluding hydrogens is 236 g/mol. The summed E-state index contributed by atoms with van der Waals surface area (Å²) in [6, 6.07) is 6.39. The van der Waals surface area contributed by atoms with E-state index in [-0.39, 0.29) is 24.6 Å². The quantitative estimate of drug-likeness (QED) is 0.517. The van der Waals surface area contributed by atoms with Crippen LogP contribution in [-0.4, -0.2) is 40.1 Å². The first-order valence-electron chi connectivity index (χ1n) is 5.37. The number of benzene rings is 1. The number of hydrogen-bond donors (Lipinski definition) is 3. The smallest absolute Gasteiger partial charge is 0.277 e. The maximum absolute atomic E-state index is 11.8. The molecule has 0 saturated carbocycles. The molecule has 6 nitrogen and oxygen atoms in total. The zero-order chi connectivity index (χ0) is 13.1. The van der Waals surface area contributed by atoms with Gasteiger partial charge in [-0.3, -0.25) is 14.5 Å². The lowest BCUT2D eigenvalue weighted by Gasteiger charge is -2.13. The standard InChI is InChI=1S/C12H12N2O4/c15-6-5-14-11(17)7-9(12(14)18)13-8-3-1-2-4-10(8)16/h1-4,7,13,15-16H,5-6H2. The second kappa shape index (κ2) is 4.89. The van der Waals surface area contributed by atoms with E-state index in [0.29, 0.717) is 5.69 Å². The number of nitrogens with one attached hydrogen (secondary N) is 1. The summed E-state index contributed by atoms with van der Waals surface area (Å²) in [5.74, 6) is -1.01. The van der Waals surface area contributed by atoms with E-state index in [1.807, 2.05) is 0 Å². The van der Waals surface area contributed by atoms with Crippen molar-refractivity contribution in [3.63, 3.8) is 0 Å². The van der Waals surface area contributed by atoms with Crippen LogP contribution in [0.3, 0.4) is 0 Å². The number of β-amino-alcohol motifs (C(OH)–C–C–N with tert-alkyl or cyclic N) is 1. The lowest BCUT2D eigenvalue weighted by Crippen LogP contribution is -2.34. The molecule has 0 unspecified atom stereocenters. The molecule has 3 N–H and O–H groups in total. The van der Waals surface area contributed by atoms with Crippen LogP contribution in [0.1, 0.15) is 0 Å². The monoisotopic (exact) mass is 248 g/mol. The van der Waals surface area contributed by atoms with Crippen molar-refractivity contribution in [1.82, 2.24) is 4.90 Å². The molecule has 2 rings (SSSR count). The van der Waals surface area contributed by atoms with Crippen LogP contribution in [0.2, 0.25) is 0 Å². The second-order valence-corrected chi connectivity index (χ2v) is 3.72. The van der Waals surface area contributed by atoms with Crippen molar-refractivity contribution in [2.45, 2.75) is 0 Å². The zero-order valence-electron chi connectivity index (χ0n) is 9.46. The van der Waals surface area contributed by atoms with Gasteiger partial charge in [0.25, 0.3) is 11.8 Å². The highest BCUT2D eigenvalue weighted by Gasteiger charge is 2.30. The molecule has 0 fully saturated rings. The summed E-state index contributed by atoms with van der Waals surface area (Å²) < 4.78 is 0. The minimum Gasteiger partial charge on any atom is -0.506 e. The van der Waals surface area contributed by atoms with E-state index in [4.69, 9.17) is 5.11 Å². The Morgan fingerprint density at radius 2 is 1.94 bits per heavy atom. The van der Waals surface area contributed by atoms with E-state index >= 15 is 0 Å². The largest absolute Gasteiger partial charge is 0.506 e. The van der Waals surface area contributed by atoms with Crippen LogP contribution in [0.5, 0.6) is 5.75 Å². The van der Waals surface area contributed by atoms with Gasteiger partial charge in [-0.1, -0.05) is 12.1 Å². The highest BCUT2D eigenvalue weighted by Crippen LogP contribution is 2.25. The van der Waals surface area contributed by atoms with Gasteiger partial charge in [-0.2, -0.15) is 0 Å². The number of rotatable bonds is 4. The molecule has 0 spiro atoms. The van der Waals surface area contributed by atoms with Crippen molar-refractivity contribution in [3.05, 3.63) is 36.0 Å². The van der Waals surface area contributed by atoms with E-state index in [9.17, 15) is 14.7 Å². The average Bonchev–Trinajstić information content (AvgIpc) is 2.60. The molecule has 0 aliphatic carbocycles. The van der Waals surface area contributed by atoms with E-state index in [1.54, 1.807) is 18.2 Å². The number of carbonyl (C=O) groups excluding carboxylic acids is 2. The Morgan fingerprint density at radius 1 is 1.22 bits per heavy atom. The molecule has 1 aromatic carbocycles. The number of nitrogens with zero attached hydrogens (tertiary/aromatic N) is 1. The fourth-order valence-corrected chi connectivity index (χ4v) is 1.63. The summed E-state index contributed by atoms with van der Waals surface area (Å²) in [4.78, 5) is 24.2. The fraction of sp³-hybridized carbons (Fsp3) is 0.167. The van der Waals surface area contributed by atoms with Gasteiger partial charge in [0.05, 0.1) is 18.8 Å². The minimum absolute atomic E-state index is 0.0146.